The number of aliphatic hydroxyl groups excluding tert-OH is 1. The fraction of sp³-hybridized carbons (Fsp3) is 0.333. The topological polar surface area (TPSA) is 29.5 Å². The second kappa shape index (κ2) is 7.24. The molecule has 1 heterocycles. The Morgan fingerprint density at radius 1 is 1.04 bits per heavy atom. The molecule has 130 valence electrons. The van der Waals surface area contributed by atoms with E-state index in [9.17, 15) is 5.11 Å². The largest absolute Gasteiger partial charge is 0.392 e. The van der Waals surface area contributed by atoms with Crippen LogP contribution in [0.3, 0.4) is 0 Å². The van der Waals surface area contributed by atoms with Crippen LogP contribution in [0.15, 0.2) is 70.7 Å². The number of alkyl halides is 1. The maximum absolute atomic E-state index is 9.95. The molecule has 2 aromatic rings. The smallest absolute Gasteiger partial charge is 0.0914 e. The molecule has 0 saturated carbocycles. The predicted molar refractivity (Wildman–Crippen MR) is 104 cm³/mol. The van der Waals surface area contributed by atoms with Crippen LogP contribution in [-0.4, -0.2) is 17.1 Å². The number of hydrogen-bond acceptors (Lipinski definition) is 2. The van der Waals surface area contributed by atoms with Crippen molar-refractivity contribution in [2.75, 3.05) is 6.61 Å². The van der Waals surface area contributed by atoms with Gasteiger partial charge in [0.1, 0.15) is 0 Å². The third kappa shape index (κ3) is 3.19. The van der Waals surface area contributed by atoms with Gasteiger partial charge in [-0.2, -0.15) is 0 Å². The highest BCUT2D eigenvalue weighted by Gasteiger charge is 2.49. The van der Waals surface area contributed by atoms with Gasteiger partial charge in [0.25, 0.3) is 0 Å². The van der Waals surface area contributed by atoms with Crippen LogP contribution in [0.1, 0.15) is 29.8 Å². The van der Waals surface area contributed by atoms with Crippen LogP contribution in [-0.2, 0) is 4.74 Å². The highest BCUT2D eigenvalue weighted by molar-refractivity contribution is 9.10. The molecule has 0 amide bonds. The summed E-state index contributed by atoms with van der Waals surface area (Å²) in [5.74, 6) is 0.401. The van der Waals surface area contributed by atoms with Crippen LogP contribution in [0, 0.1) is 11.8 Å². The summed E-state index contributed by atoms with van der Waals surface area (Å²) in [7, 11) is 0. The van der Waals surface area contributed by atoms with E-state index in [2.05, 4.69) is 34.1 Å². The van der Waals surface area contributed by atoms with Crippen molar-refractivity contribution in [2.24, 2.45) is 11.8 Å². The standard InChI is InChI=1S/C21H20BrClO2/c22-18-9-5-4-8-16(18)21-19-14(12-24)10-15(23)11-17(19)20(25-21)13-6-2-1-3-7-13/h1-10,15,17,19-21,24H,11-12H2/t15-,17+,19-,20+,21-/m1/s1. The number of fused-ring (bicyclic) bond motifs is 1. The molecule has 1 aliphatic carbocycles. The van der Waals surface area contributed by atoms with E-state index in [1.165, 1.54) is 5.56 Å². The van der Waals surface area contributed by atoms with Crippen LogP contribution in [0.4, 0.5) is 0 Å². The van der Waals surface area contributed by atoms with Crippen LogP contribution in [0.2, 0.25) is 0 Å². The summed E-state index contributed by atoms with van der Waals surface area (Å²) in [5.41, 5.74) is 3.30. The normalized spacial score (nSPS) is 31.5. The fourth-order valence-electron chi connectivity index (χ4n) is 4.27. The van der Waals surface area contributed by atoms with E-state index in [4.69, 9.17) is 16.3 Å². The minimum Gasteiger partial charge on any atom is -0.392 e. The maximum atomic E-state index is 9.95. The first-order valence-corrected chi connectivity index (χ1v) is 9.82. The summed E-state index contributed by atoms with van der Waals surface area (Å²) >= 11 is 10.1. The summed E-state index contributed by atoms with van der Waals surface area (Å²) < 4.78 is 7.64. The van der Waals surface area contributed by atoms with Crippen molar-refractivity contribution in [1.82, 2.24) is 0 Å². The number of ether oxygens (including phenoxy) is 1. The Labute approximate surface area is 161 Å². The van der Waals surface area contributed by atoms with E-state index >= 15 is 0 Å². The van der Waals surface area contributed by atoms with Crippen molar-refractivity contribution in [3.63, 3.8) is 0 Å². The van der Waals surface area contributed by atoms with Crippen molar-refractivity contribution in [2.45, 2.75) is 24.0 Å². The van der Waals surface area contributed by atoms with Crippen LogP contribution in [0.5, 0.6) is 0 Å². The highest BCUT2D eigenvalue weighted by Crippen LogP contribution is 2.56. The number of benzene rings is 2. The van der Waals surface area contributed by atoms with Crippen LogP contribution < -0.4 is 0 Å². The SMILES string of the molecule is OCC1=C[C@@H](Cl)C[C@H]2[C@@H]1[C@@H](c1ccccc1Br)O[C@H]2c1ccccc1. The van der Waals surface area contributed by atoms with Gasteiger partial charge >= 0.3 is 0 Å². The Morgan fingerprint density at radius 2 is 1.76 bits per heavy atom. The van der Waals surface area contributed by atoms with Gasteiger partial charge < -0.3 is 9.84 Å². The number of hydrogen-bond donors (Lipinski definition) is 1. The van der Waals surface area contributed by atoms with Crippen LogP contribution >= 0.6 is 27.5 Å². The molecule has 4 heteroatoms. The van der Waals surface area contributed by atoms with Crippen molar-refractivity contribution in [3.05, 3.63) is 81.8 Å². The molecule has 5 atom stereocenters. The fourth-order valence-corrected chi connectivity index (χ4v) is 5.14. The van der Waals surface area contributed by atoms with Crippen molar-refractivity contribution in [1.29, 1.82) is 0 Å². The number of rotatable bonds is 3. The molecule has 4 rings (SSSR count). The van der Waals surface area contributed by atoms with Gasteiger partial charge in [0, 0.05) is 16.3 Å². The van der Waals surface area contributed by atoms with E-state index in [0.29, 0.717) is 0 Å². The Hall–Kier alpha value is -1.13. The zero-order valence-corrected chi connectivity index (χ0v) is 16.0. The summed E-state index contributed by atoms with van der Waals surface area (Å²) in [6.45, 7) is 0.0240. The minimum absolute atomic E-state index is 0.0141. The molecular formula is C21H20BrClO2. The maximum Gasteiger partial charge on any atom is 0.0914 e. The average Bonchev–Trinajstić information content (AvgIpc) is 3.01. The minimum atomic E-state index is -0.0895. The van der Waals surface area contributed by atoms with Crippen molar-refractivity contribution < 1.29 is 9.84 Å². The summed E-state index contributed by atoms with van der Waals surface area (Å²) in [4.78, 5) is 0. The molecule has 1 N–H and O–H groups in total. The van der Waals surface area contributed by atoms with Crippen molar-refractivity contribution in [3.8, 4) is 0 Å². The molecule has 1 aliphatic heterocycles. The Bertz CT molecular complexity index is 776. The van der Waals surface area contributed by atoms with E-state index in [1.54, 1.807) is 0 Å². The van der Waals surface area contributed by atoms with Crippen LogP contribution in [0.25, 0.3) is 0 Å². The molecule has 0 spiro atoms. The van der Waals surface area contributed by atoms with Gasteiger partial charge in [0.15, 0.2) is 0 Å². The lowest BCUT2D eigenvalue weighted by Gasteiger charge is -2.32. The highest BCUT2D eigenvalue weighted by atomic mass is 79.9. The molecule has 0 radical (unpaired) electrons. The Morgan fingerprint density at radius 3 is 2.48 bits per heavy atom. The molecule has 2 nitrogen and oxygen atoms in total. The predicted octanol–water partition coefficient (Wildman–Crippen LogP) is 5.42. The quantitative estimate of drug-likeness (QED) is 0.531. The molecule has 0 unspecified atom stereocenters. The summed E-state index contributed by atoms with van der Waals surface area (Å²) in [6, 6.07) is 18.5. The van der Waals surface area contributed by atoms with Gasteiger partial charge in [-0.1, -0.05) is 70.5 Å². The first kappa shape index (κ1) is 17.3. The monoisotopic (exact) mass is 418 g/mol. The van der Waals surface area contributed by atoms with E-state index in [-0.39, 0.29) is 36.0 Å². The molecule has 2 aliphatic rings. The number of halogens is 2. The Balaban J connectivity index is 1.79. The first-order chi connectivity index (χ1) is 12.2. The second-order valence-corrected chi connectivity index (χ2v) is 8.17. The molecule has 1 fully saturated rings. The lowest BCUT2D eigenvalue weighted by atomic mass is 9.73. The van der Waals surface area contributed by atoms with E-state index in [0.717, 1.165) is 22.0 Å². The zero-order valence-electron chi connectivity index (χ0n) is 13.7. The molecule has 0 bridgehead atoms. The van der Waals surface area contributed by atoms with Gasteiger partial charge in [-0.25, -0.2) is 0 Å². The van der Waals surface area contributed by atoms with E-state index in [1.807, 2.05) is 42.5 Å². The summed E-state index contributed by atoms with van der Waals surface area (Å²) in [6.07, 6.45) is 2.77. The average molecular weight is 420 g/mol. The summed E-state index contributed by atoms with van der Waals surface area (Å²) in [5, 5.41) is 9.89. The lowest BCUT2D eigenvalue weighted by Crippen LogP contribution is -2.28. The molecular weight excluding hydrogens is 400 g/mol. The third-order valence-corrected chi connectivity index (χ3v) is 6.34. The molecule has 0 aromatic heterocycles. The number of aliphatic hydroxyl groups is 1. The molecule has 2 aromatic carbocycles. The van der Waals surface area contributed by atoms with Gasteiger partial charge in [-0.15, -0.1) is 11.6 Å². The zero-order chi connectivity index (χ0) is 17.4. The van der Waals surface area contributed by atoms with Gasteiger partial charge in [-0.05, 0) is 29.2 Å². The number of allylic oxidation sites excluding steroid dienone is 1. The van der Waals surface area contributed by atoms with Crippen molar-refractivity contribution >= 4 is 27.5 Å². The van der Waals surface area contributed by atoms with Gasteiger partial charge in [0.05, 0.1) is 24.2 Å². The lowest BCUT2D eigenvalue weighted by molar-refractivity contribution is 0.0279. The van der Waals surface area contributed by atoms with Gasteiger partial charge in [-0.3, -0.25) is 0 Å². The first-order valence-electron chi connectivity index (χ1n) is 8.59. The Kier molecular flexibility index (Phi) is 5.01. The van der Waals surface area contributed by atoms with E-state index < -0.39 is 0 Å². The van der Waals surface area contributed by atoms with Gasteiger partial charge in [0.2, 0.25) is 0 Å². The molecule has 1 saturated heterocycles. The molecule has 25 heavy (non-hydrogen) atoms. The second-order valence-electron chi connectivity index (χ2n) is 6.75. The third-order valence-electron chi connectivity index (χ3n) is 5.31.